The zero-order valence-corrected chi connectivity index (χ0v) is 9.69. The molecule has 17 heavy (non-hydrogen) atoms. The van der Waals surface area contributed by atoms with E-state index in [9.17, 15) is 0 Å². The van der Waals surface area contributed by atoms with Crippen molar-refractivity contribution < 1.29 is 0 Å². The lowest BCUT2D eigenvalue weighted by Crippen LogP contribution is -1.79. The highest BCUT2D eigenvalue weighted by Gasteiger charge is 2.17. The number of rotatable bonds is 1. The summed E-state index contributed by atoms with van der Waals surface area (Å²) in [4.78, 5) is 0. The molecule has 0 aromatic heterocycles. The van der Waals surface area contributed by atoms with Gasteiger partial charge in [-0.25, -0.2) is 0 Å². The molecule has 0 heteroatoms. The molecule has 0 spiro atoms. The summed E-state index contributed by atoms with van der Waals surface area (Å²) in [7, 11) is 0. The maximum absolute atomic E-state index is 3.30. The van der Waals surface area contributed by atoms with Gasteiger partial charge in [0, 0.05) is 11.5 Å². The first-order valence-electron chi connectivity index (χ1n) is 6.09. The molecule has 2 aromatic carbocycles. The molecule has 3 rings (SSSR count). The lowest BCUT2D eigenvalue weighted by Gasteiger charge is -2.01. The second kappa shape index (κ2) is 4.47. The Kier molecular flexibility index (Phi) is 2.68. The van der Waals surface area contributed by atoms with Crippen LogP contribution in [0.15, 0.2) is 54.6 Å². The molecule has 0 N–H and O–H groups in total. The molecule has 0 bridgehead atoms. The fourth-order valence-electron chi connectivity index (χ4n) is 1.82. The molecule has 1 aliphatic rings. The van der Waals surface area contributed by atoms with E-state index in [2.05, 4.69) is 60.4 Å². The van der Waals surface area contributed by atoms with Gasteiger partial charge < -0.3 is 0 Å². The summed E-state index contributed by atoms with van der Waals surface area (Å²) in [5.41, 5.74) is 3.62. The van der Waals surface area contributed by atoms with Crippen molar-refractivity contribution >= 4 is 0 Å². The SMILES string of the molecule is C(#CC1CC1)c1cccc(-c2ccccc2)c1. The molecule has 0 atom stereocenters. The average Bonchev–Trinajstić information content (AvgIpc) is 3.22. The Balaban J connectivity index is 1.92. The number of hydrogen-bond acceptors (Lipinski definition) is 0. The molecule has 82 valence electrons. The maximum atomic E-state index is 3.30. The van der Waals surface area contributed by atoms with Crippen molar-refractivity contribution in [3.63, 3.8) is 0 Å². The smallest absolute Gasteiger partial charge is 0.0251 e. The van der Waals surface area contributed by atoms with Crippen LogP contribution >= 0.6 is 0 Å². The lowest BCUT2D eigenvalue weighted by molar-refractivity contribution is 1.18. The predicted molar refractivity (Wildman–Crippen MR) is 71.5 cm³/mol. The van der Waals surface area contributed by atoms with Crippen LogP contribution in [0.1, 0.15) is 18.4 Å². The van der Waals surface area contributed by atoms with Crippen molar-refractivity contribution in [2.24, 2.45) is 5.92 Å². The van der Waals surface area contributed by atoms with E-state index in [4.69, 9.17) is 0 Å². The van der Waals surface area contributed by atoms with Crippen molar-refractivity contribution in [3.05, 3.63) is 60.2 Å². The van der Waals surface area contributed by atoms with Gasteiger partial charge in [0.25, 0.3) is 0 Å². The van der Waals surface area contributed by atoms with Gasteiger partial charge in [0.2, 0.25) is 0 Å². The van der Waals surface area contributed by atoms with E-state index >= 15 is 0 Å². The molecule has 0 radical (unpaired) electrons. The Morgan fingerprint density at radius 3 is 2.35 bits per heavy atom. The topological polar surface area (TPSA) is 0 Å². The minimum Gasteiger partial charge on any atom is -0.0945 e. The molecule has 0 heterocycles. The highest BCUT2D eigenvalue weighted by molar-refractivity contribution is 5.65. The summed E-state index contributed by atoms with van der Waals surface area (Å²) in [6, 6.07) is 18.9. The Labute approximate surface area is 102 Å². The van der Waals surface area contributed by atoms with Crippen LogP contribution < -0.4 is 0 Å². The Morgan fingerprint density at radius 1 is 0.824 bits per heavy atom. The quantitative estimate of drug-likeness (QED) is 0.632. The van der Waals surface area contributed by atoms with Crippen LogP contribution in [0.25, 0.3) is 11.1 Å². The van der Waals surface area contributed by atoms with Gasteiger partial charge in [0.1, 0.15) is 0 Å². The summed E-state index contributed by atoms with van der Waals surface area (Å²) in [6.07, 6.45) is 2.57. The van der Waals surface area contributed by atoms with E-state index in [0.29, 0.717) is 5.92 Å². The van der Waals surface area contributed by atoms with Crippen LogP contribution in [0.5, 0.6) is 0 Å². The second-order valence-electron chi connectivity index (χ2n) is 4.49. The van der Waals surface area contributed by atoms with E-state index in [-0.39, 0.29) is 0 Å². The highest BCUT2D eigenvalue weighted by Crippen LogP contribution is 2.27. The van der Waals surface area contributed by atoms with Gasteiger partial charge in [-0.3, -0.25) is 0 Å². The van der Waals surface area contributed by atoms with Crippen LogP contribution in [0.2, 0.25) is 0 Å². The standard InChI is InChI=1S/C17H14/c1-2-6-16(7-3-1)17-8-4-5-15(13-17)12-11-14-9-10-14/h1-8,13-14H,9-10H2. The number of hydrogen-bond donors (Lipinski definition) is 0. The molecule has 1 saturated carbocycles. The van der Waals surface area contributed by atoms with Crippen LogP contribution in [0.3, 0.4) is 0 Å². The molecule has 0 amide bonds. The molecule has 1 aliphatic carbocycles. The first-order chi connectivity index (χ1) is 8.42. The average molecular weight is 218 g/mol. The van der Waals surface area contributed by atoms with Crippen LogP contribution in [0.4, 0.5) is 0 Å². The van der Waals surface area contributed by atoms with Gasteiger partial charge >= 0.3 is 0 Å². The van der Waals surface area contributed by atoms with E-state index in [1.807, 2.05) is 6.07 Å². The Bertz CT molecular complexity index is 566. The largest absolute Gasteiger partial charge is 0.0945 e. The van der Waals surface area contributed by atoms with E-state index in [0.717, 1.165) is 5.56 Å². The highest BCUT2D eigenvalue weighted by atomic mass is 14.2. The van der Waals surface area contributed by atoms with Crippen molar-refractivity contribution in [3.8, 4) is 23.0 Å². The summed E-state index contributed by atoms with van der Waals surface area (Å²) < 4.78 is 0. The van der Waals surface area contributed by atoms with Gasteiger partial charge in [0.15, 0.2) is 0 Å². The number of benzene rings is 2. The normalized spacial score (nSPS) is 13.9. The predicted octanol–water partition coefficient (Wildman–Crippen LogP) is 4.12. The second-order valence-corrected chi connectivity index (χ2v) is 4.49. The minimum absolute atomic E-state index is 0.662. The van der Waals surface area contributed by atoms with Crippen molar-refractivity contribution in [1.29, 1.82) is 0 Å². The van der Waals surface area contributed by atoms with Gasteiger partial charge in [-0.1, -0.05) is 54.3 Å². The first kappa shape index (κ1) is 10.2. The van der Waals surface area contributed by atoms with Crippen molar-refractivity contribution in [2.45, 2.75) is 12.8 Å². The van der Waals surface area contributed by atoms with Crippen molar-refractivity contribution in [1.82, 2.24) is 0 Å². The third kappa shape index (κ3) is 2.57. The summed E-state index contributed by atoms with van der Waals surface area (Å²) in [5, 5.41) is 0. The van der Waals surface area contributed by atoms with Crippen LogP contribution in [0, 0.1) is 17.8 Å². The van der Waals surface area contributed by atoms with E-state index in [1.54, 1.807) is 0 Å². The zero-order chi connectivity index (χ0) is 11.5. The molecule has 0 nitrogen and oxygen atoms in total. The maximum Gasteiger partial charge on any atom is 0.0251 e. The first-order valence-corrected chi connectivity index (χ1v) is 6.09. The molecule has 0 saturated heterocycles. The molecule has 1 fully saturated rings. The molecule has 2 aromatic rings. The monoisotopic (exact) mass is 218 g/mol. The molecule has 0 aliphatic heterocycles. The lowest BCUT2D eigenvalue weighted by atomic mass is 10.0. The molecular formula is C17H14. The van der Waals surface area contributed by atoms with E-state index in [1.165, 1.54) is 24.0 Å². The van der Waals surface area contributed by atoms with E-state index < -0.39 is 0 Å². The van der Waals surface area contributed by atoms with Gasteiger partial charge in [-0.05, 0) is 36.1 Å². The third-order valence-electron chi connectivity index (χ3n) is 2.97. The van der Waals surface area contributed by atoms with Gasteiger partial charge in [-0.2, -0.15) is 0 Å². The van der Waals surface area contributed by atoms with Crippen LogP contribution in [-0.4, -0.2) is 0 Å². The fraction of sp³-hybridized carbons (Fsp3) is 0.176. The summed E-state index contributed by atoms with van der Waals surface area (Å²) in [5.74, 6) is 7.23. The Morgan fingerprint density at radius 2 is 1.59 bits per heavy atom. The minimum atomic E-state index is 0.662. The van der Waals surface area contributed by atoms with Crippen molar-refractivity contribution in [2.75, 3.05) is 0 Å². The van der Waals surface area contributed by atoms with Gasteiger partial charge in [-0.15, -0.1) is 0 Å². The van der Waals surface area contributed by atoms with Gasteiger partial charge in [0.05, 0.1) is 0 Å². The summed E-state index contributed by atoms with van der Waals surface area (Å²) in [6.45, 7) is 0. The third-order valence-corrected chi connectivity index (χ3v) is 2.97. The zero-order valence-electron chi connectivity index (χ0n) is 9.69. The molecular weight excluding hydrogens is 204 g/mol. The molecule has 0 unspecified atom stereocenters. The summed E-state index contributed by atoms with van der Waals surface area (Å²) >= 11 is 0. The Hall–Kier alpha value is -2.00. The fourth-order valence-corrected chi connectivity index (χ4v) is 1.82. The van der Waals surface area contributed by atoms with Crippen LogP contribution in [-0.2, 0) is 0 Å².